The number of benzene rings is 2. The number of carbonyl (C=O) groups excluding carboxylic acids is 1. The van der Waals surface area contributed by atoms with Gasteiger partial charge in [-0.2, -0.15) is 0 Å². The minimum atomic E-state index is -0.0265. The zero-order valence-electron chi connectivity index (χ0n) is 11.7. The minimum absolute atomic E-state index is 0.0265. The lowest BCUT2D eigenvalue weighted by atomic mass is 10.2. The number of halogens is 1. The van der Waals surface area contributed by atoms with E-state index >= 15 is 0 Å². The molecule has 0 aliphatic carbocycles. The molecule has 2 N–H and O–H groups in total. The SMILES string of the molecule is CNCc1cccc(SCC(=O)Nc2ccc(Cl)cc2)c1. The molecule has 0 unspecified atom stereocenters. The van der Waals surface area contributed by atoms with E-state index < -0.39 is 0 Å². The summed E-state index contributed by atoms with van der Waals surface area (Å²) in [6, 6.07) is 15.3. The van der Waals surface area contributed by atoms with E-state index in [0.29, 0.717) is 10.8 Å². The molecule has 1 amide bonds. The largest absolute Gasteiger partial charge is 0.325 e. The second kappa shape index (κ2) is 8.08. The molecule has 2 aromatic rings. The average molecular weight is 321 g/mol. The summed E-state index contributed by atoms with van der Waals surface area (Å²) < 4.78 is 0. The highest BCUT2D eigenvalue weighted by Gasteiger charge is 2.04. The molecule has 0 aliphatic rings. The zero-order chi connectivity index (χ0) is 15.1. The maximum Gasteiger partial charge on any atom is 0.234 e. The van der Waals surface area contributed by atoms with Gasteiger partial charge in [0.1, 0.15) is 0 Å². The van der Waals surface area contributed by atoms with Crippen molar-refractivity contribution in [3.63, 3.8) is 0 Å². The first-order valence-corrected chi connectivity index (χ1v) is 7.95. The molecule has 0 aliphatic heterocycles. The summed E-state index contributed by atoms with van der Waals surface area (Å²) >= 11 is 7.33. The summed E-state index contributed by atoms with van der Waals surface area (Å²) in [5, 5.41) is 6.62. The highest BCUT2D eigenvalue weighted by atomic mass is 35.5. The number of anilines is 1. The Balaban J connectivity index is 1.86. The van der Waals surface area contributed by atoms with Gasteiger partial charge in [-0.25, -0.2) is 0 Å². The summed E-state index contributed by atoms with van der Waals surface area (Å²) in [4.78, 5) is 13.0. The lowest BCUT2D eigenvalue weighted by Crippen LogP contribution is -2.13. The number of nitrogens with one attached hydrogen (secondary N) is 2. The number of thioether (sulfide) groups is 1. The summed E-state index contributed by atoms with van der Waals surface area (Å²) in [5.74, 6) is 0.354. The predicted octanol–water partition coefficient (Wildman–Crippen LogP) is 3.79. The van der Waals surface area contributed by atoms with Gasteiger partial charge in [-0.1, -0.05) is 23.7 Å². The number of hydrogen-bond donors (Lipinski definition) is 2. The van der Waals surface area contributed by atoms with E-state index in [4.69, 9.17) is 11.6 Å². The molecule has 21 heavy (non-hydrogen) atoms. The van der Waals surface area contributed by atoms with Crippen LogP contribution in [0.15, 0.2) is 53.4 Å². The van der Waals surface area contributed by atoms with E-state index in [1.807, 2.05) is 19.2 Å². The Morgan fingerprint density at radius 3 is 2.67 bits per heavy atom. The van der Waals surface area contributed by atoms with E-state index in [-0.39, 0.29) is 5.91 Å². The van der Waals surface area contributed by atoms with Crippen molar-refractivity contribution in [1.29, 1.82) is 0 Å². The molecule has 0 saturated heterocycles. The molecular weight excluding hydrogens is 304 g/mol. The van der Waals surface area contributed by atoms with Gasteiger partial charge >= 0.3 is 0 Å². The summed E-state index contributed by atoms with van der Waals surface area (Å²) in [7, 11) is 1.92. The molecule has 0 spiro atoms. The number of amides is 1. The van der Waals surface area contributed by atoms with E-state index in [2.05, 4.69) is 22.8 Å². The Labute approximate surface area is 134 Å². The molecule has 2 rings (SSSR count). The third-order valence-electron chi connectivity index (χ3n) is 2.78. The Hall–Kier alpha value is -1.49. The third kappa shape index (κ3) is 5.42. The Morgan fingerprint density at radius 2 is 1.95 bits per heavy atom. The molecule has 0 bridgehead atoms. The first kappa shape index (κ1) is 15.9. The van der Waals surface area contributed by atoms with Crippen LogP contribution in [0.4, 0.5) is 5.69 Å². The number of hydrogen-bond acceptors (Lipinski definition) is 3. The van der Waals surface area contributed by atoms with Crippen molar-refractivity contribution < 1.29 is 4.79 Å². The molecule has 110 valence electrons. The van der Waals surface area contributed by atoms with E-state index in [1.54, 1.807) is 24.3 Å². The molecule has 3 nitrogen and oxygen atoms in total. The zero-order valence-corrected chi connectivity index (χ0v) is 13.3. The molecular formula is C16H17ClN2OS. The Kier molecular flexibility index (Phi) is 6.11. The van der Waals surface area contributed by atoms with Gasteiger partial charge in [-0.3, -0.25) is 4.79 Å². The third-order valence-corrected chi connectivity index (χ3v) is 4.02. The Bertz CT molecular complexity index is 601. The van der Waals surface area contributed by atoms with Gasteiger partial charge in [0.2, 0.25) is 5.91 Å². The van der Waals surface area contributed by atoms with Crippen molar-refractivity contribution in [2.75, 3.05) is 18.1 Å². The monoisotopic (exact) mass is 320 g/mol. The summed E-state index contributed by atoms with van der Waals surface area (Å²) in [6.07, 6.45) is 0. The van der Waals surface area contributed by atoms with Crippen molar-refractivity contribution in [2.24, 2.45) is 0 Å². The van der Waals surface area contributed by atoms with Gasteiger partial charge in [0.15, 0.2) is 0 Å². The highest BCUT2D eigenvalue weighted by Crippen LogP contribution is 2.20. The van der Waals surface area contributed by atoms with Crippen molar-refractivity contribution in [1.82, 2.24) is 5.32 Å². The second-order valence-corrected chi connectivity index (χ2v) is 6.01. The van der Waals surface area contributed by atoms with Crippen LogP contribution in [0, 0.1) is 0 Å². The molecule has 0 saturated carbocycles. The molecule has 0 fully saturated rings. The molecule has 0 radical (unpaired) electrons. The van der Waals surface area contributed by atoms with Gasteiger partial charge in [-0.15, -0.1) is 11.8 Å². The van der Waals surface area contributed by atoms with Crippen LogP contribution in [0.25, 0.3) is 0 Å². The van der Waals surface area contributed by atoms with Gasteiger partial charge in [0.25, 0.3) is 0 Å². The minimum Gasteiger partial charge on any atom is -0.325 e. The fraction of sp³-hybridized carbons (Fsp3) is 0.188. The van der Waals surface area contributed by atoms with Gasteiger partial charge in [-0.05, 0) is 49.0 Å². The fourth-order valence-corrected chi connectivity index (χ4v) is 2.73. The maximum atomic E-state index is 11.9. The fourth-order valence-electron chi connectivity index (χ4n) is 1.83. The molecule has 0 aromatic heterocycles. The number of carbonyl (C=O) groups is 1. The quantitative estimate of drug-likeness (QED) is 0.796. The predicted molar refractivity (Wildman–Crippen MR) is 90.0 cm³/mol. The van der Waals surface area contributed by atoms with E-state index in [0.717, 1.165) is 17.1 Å². The lowest BCUT2D eigenvalue weighted by molar-refractivity contribution is -0.113. The summed E-state index contributed by atoms with van der Waals surface area (Å²) in [5.41, 5.74) is 1.97. The summed E-state index contributed by atoms with van der Waals surface area (Å²) in [6.45, 7) is 0.825. The lowest BCUT2D eigenvalue weighted by Gasteiger charge is -2.06. The van der Waals surface area contributed by atoms with Gasteiger partial charge < -0.3 is 10.6 Å². The van der Waals surface area contributed by atoms with Crippen LogP contribution in [0.3, 0.4) is 0 Å². The molecule has 0 heterocycles. The second-order valence-electron chi connectivity index (χ2n) is 4.52. The first-order chi connectivity index (χ1) is 10.2. The van der Waals surface area contributed by atoms with Gasteiger partial charge in [0.05, 0.1) is 5.75 Å². The highest BCUT2D eigenvalue weighted by molar-refractivity contribution is 8.00. The van der Waals surface area contributed by atoms with Crippen LogP contribution >= 0.6 is 23.4 Å². The van der Waals surface area contributed by atoms with Crippen LogP contribution in [-0.2, 0) is 11.3 Å². The van der Waals surface area contributed by atoms with E-state index in [1.165, 1.54) is 17.3 Å². The Morgan fingerprint density at radius 1 is 1.19 bits per heavy atom. The van der Waals surface area contributed by atoms with Crippen LogP contribution in [-0.4, -0.2) is 18.7 Å². The topological polar surface area (TPSA) is 41.1 Å². The molecule has 5 heteroatoms. The normalized spacial score (nSPS) is 10.4. The van der Waals surface area contributed by atoms with Crippen LogP contribution in [0.2, 0.25) is 5.02 Å². The van der Waals surface area contributed by atoms with Crippen molar-refractivity contribution in [2.45, 2.75) is 11.4 Å². The van der Waals surface area contributed by atoms with E-state index in [9.17, 15) is 4.79 Å². The average Bonchev–Trinajstić information content (AvgIpc) is 2.48. The first-order valence-electron chi connectivity index (χ1n) is 6.59. The maximum absolute atomic E-state index is 11.9. The van der Waals surface area contributed by atoms with Crippen molar-refractivity contribution in [3.8, 4) is 0 Å². The molecule has 2 aromatic carbocycles. The number of rotatable bonds is 6. The van der Waals surface area contributed by atoms with Crippen LogP contribution in [0.5, 0.6) is 0 Å². The molecule has 0 atom stereocenters. The van der Waals surface area contributed by atoms with Crippen molar-refractivity contribution in [3.05, 3.63) is 59.1 Å². The standard InChI is InChI=1S/C16H17ClN2OS/c1-18-10-12-3-2-4-15(9-12)21-11-16(20)19-14-7-5-13(17)6-8-14/h2-9,18H,10-11H2,1H3,(H,19,20). The smallest absolute Gasteiger partial charge is 0.234 e. The van der Waals surface area contributed by atoms with Crippen LogP contribution in [0.1, 0.15) is 5.56 Å². The van der Waals surface area contributed by atoms with Gasteiger partial charge in [0, 0.05) is 22.2 Å². The van der Waals surface area contributed by atoms with Crippen molar-refractivity contribution >= 4 is 35.0 Å². The van der Waals surface area contributed by atoms with Crippen LogP contribution < -0.4 is 10.6 Å².